The van der Waals surface area contributed by atoms with Crippen LogP contribution in [0, 0.1) is 0 Å². The normalized spacial score (nSPS) is 11.4. The molecule has 6 nitrogen and oxygen atoms in total. The Morgan fingerprint density at radius 1 is 1.64 bits per heavy atom. The smallest absolute Gasteiger partial charge is 0.304 e. The molecule has 0 amide bonds. The van der Waals surface area contributed by atoms with Gasteiger partial charge in [-0.1, -0.05) is 0 Å². The Bertz CT molecular complexity index is 218. The van der Waals surface area contributed by atoms with E-state index in [-0.39, 0.29) is 12.2 Å². The Morgan fingerprint density at radius 2 is 2.18 bits per heavy atom. The van der Waals surface area contributed by atoms with E-state index in [1.165, 1.54) is 0 Å². The van der Waals surface area contributed by atoms with Gasteiger partial charge in [0.25, 0.3) is 0 Å². The van der Waals surface area contributed by atoms with Crippen molar-refractivity contribution in [2.75, 3.05) is 5.75 Å². The quantitative estimate of drug-likeness (QED) is 0.279. The van der Waals surface area contributed by atoms with Crippen molar-refractivity contribution in [3.63, 3.8) is 0 Å². The minimum atomic E-state index is -4.70. The second-order valence-corrected chi connectivity index (χ2v) is 3.45. The average molecular weight is 201 g/mol. The Balaban J connectivity index is 3.37. The molecule has 1 N–H and O–H groups in total. The third-order valence-electron chi connectivity index (χ3n) is 0.531. The fourth-order valence-electron chi connectivity index (χ4n) is 0.222. The van der Waals surface area contributed by atoms with Gasteiger partial charge < -0.3 is 9.66 Å². The summed E-state index contributed by atoms with van der Waals surface area (Å²) in [4.78, 5) is 9.83. The largest absolute Gasteiger partial charge is 0.725 e. The average Bonchev–Trinajstić information content (AvgIpc) is 1.78. The van der Waals surface area contributed by atoms with E-state index < -0.39 is 16.4 Å². The second-order valence-electron chi connectivity index (χ2n) is 1.44. The molecule has 66 valence electrons. The van der Waals surface area contributed by atoms with Gasteiger partial charge in [0.2, 0.25) is 10.4 Å². The summed E-state index contributed by atoms with van der Waals surface area (Å²) in [6.07, 6.45) is -0.250. The zero-order chi connectivity index (χ0) is 8.91. The molecule has 0 aromatic heterocycles. The summed E-state index contributed by atoms with van der Waals surface area (Å²) in [5.41, 5.74) is 0. The van der Waals surface area contributed by atoms with Crippen molar-refractivity contribution >= 4 is 28.4 Å². The minimum absolute atomic E-state index is 0.0726. The van der Waals surface area contributed by atoms with E-state index in [1.54, 1.807) is 0 Å². The van der Waals surface area contributed by atoms with Crippen LogP contribution >= 0.6 is 12.0 Å². The van der Waals surface area contributed by atoms with Gasteiger partial charge in [-0.2, -0.15) is 0 Å². The molecule has 0 unspecified atom stereocenters. The van der Waals surface area contributed by atoms with Crippen LogP contribution in [0.15, 0.2) is 0 Å². The number of rotatable bonds is 5. The number of aliphatic carboxylic acids is 1. The molecule has 0 spiro atoms. The van der Waals surface area contributed by atoms with Gasteiger partial charge in [0.1, 0.15) is 0 Å². The van der Waals surface area contributed by atoms with Gasteiger partial charge in [-0.25, -0.2) is 12.0 Å². The number of carboxylic acid groups (broad SMARTS) is 1. The Kier molecular flexibility index (Phi) is 4.42. The van der Waals surface area contributed by atoms with Gasteiger partial charge >= 0.3 is 5.97 Å². The molecule has 11 heavy (non-hydrogen) atoms. The lowest BCUT2D eigenvalue weighted by Crippen LogP contribution is -2.01. The predicted molar refractivity (Wildman–Crippen MR) is 35.5 cm³/mol. The highest BCUT2D eigenvalue weighted by atomic mass is 32.3. The fourth-order valence-corrected chi connectivity index (χ4v) is 1.22. The molecule has 0 aliphatic carbocycles. The first-order chi connectivity index (χ1) is 4.92. The van der Waals surface area contributed by atoms with Crippen LogP contribution in [0.2, 0.25) is 0 Å². The standard InChI is InChI=1S/C3H6O6S2/c4-3(5)1-2-10-9-11(6,7)8/h1-2H2,(H,4,5)(H,6,7,8)/p-1. The molecule has 0 bridgehead atoms. The number of hydrogen-bond acceptors (Lipinski definition) is 6. The first-order valence-electron chi connectivity index (χ1n) is 2.40. The molecular weight excluding hydrogens is 196 g/mol. The Labute approximate surface area is 67.7 Å². The summed E-state index contributed by atoms with van der Waals surface area (Å²) in [6.45, 7) is 0. The highest BCUT2D eigenvalue weighted by Gasteiger charge is 1.99. The lowest BCUT2D eigenvalue weighted by Gasteiger charge is -2.03. The predicted octanol–water partition coefficient (Wildman–Crippen LogP) is -0.414. The summed E-state index contributed by atoms with van der Waals surface area (Å²) >= 11 is 0.307. The molecule has 0 aliphatic heterocycles. The van der Waals surface area contributed by atoms with Gasteiger partial charge in [-0.05, 0) is 0 Å². The van der Waals surface area contributed by atoms with Crippen LogP contribution in [0.5, 0.6) is 0 Å². The van der Waals surface area contributed by atoms with Crippen LogP contribution in [0.4, 0.5) is 0 Å². The lowest BCUT2D eigenvalue weighted by atomic mass is 10.5. The maximum atomic E-state index is 9.83. The van der Waals surface area contributed by atoms with Gasteiger partial charge in [-0.15, -0.1) is 0 Å². The maximum Gasteiger partial charge on any atom is 0.304 e. The van der Waals surface area contributed by atoms with Crippen molar-refractivity contribution < 1.29 is 26.5 Å². The van der Waals surface area contributed by atoms with E-state index in [0.29, 0.717) is 12.0 Å². The van der Waals surface area contributed by atoms with E-state index in [0.717, 1.165) is 0 Å². The molecule has 0 radical (unpaired) electrons. The van der Waals surface area contributed by atoms with Crippen LogP contribution < -0.4 is 0 Å². The zero-order valence-electron chi connectivity index (χ0n) is 5.22. The summed E-state index contributed by atoms with van der Waals surface area (Å²) in [7, 11) is -4.70. The van der Waals surface area contributed by atoms with Crippen LogP contribution in [-0.4, -0.2) is 29.8 Å². The summed E-state index contributed by atoms with van der Waals surface area (Å²) in [5.74, 6) is -1.15. The van der Waals surface area contributed by atoms with Crippen LogP contribution in [0.1, 0.15) is 6.42 Å². The topological polar surface area (TPSA) is 104 Å². The molecule has 0 saturated carbocycles. The van der Waals surface area contributed by atoms with Crippen molar-refractivity contribution in [3.05, 3.63) is 0 Å². The van der Waals surface area contributed by atoms with Gasteiger partial charge in [0.15, 0.2) is 0 Å². The van der Waals surface area contributed by atoms with Crippen molar-refractivity contribution in [2.24, 2.45) is 0 Å². The van der Waals surface area contributed by atoms with Gasteiger partial charge in [0, 0.05) is 17.8 Å². The summed E-state index contributed by atoms with van der Waals surface area (Å²) in [6, 6.07) is 0. The van der Waals surface area contributed by atoms with E-state index in [1.807, 2.05) is 0 Å². The van der Waals surface area contributed by atoms with Gasteiger partial charge in [-0.3, -0.25) is 4.79 Å². The van der Waals surface area contributed by atoms with E-state index >= 15 is 0 Å². The number of carboxylic acids is 1. The molecular formula is C3H5O6S2-. The SMILES string of the molecule is O=C(O)CCSOS(=O)(=O)[O-]. The van der Waals surface area contributed by atoms with Crippen LogP contribution in [0.25, 0.3) is 0 Å². The third kappa shape index (κ3) is 9.69. The molecule has 0 atom stereocenters. The summed E-state index contributed by atoms with van der Waals surface area (Å²) in [5, 5.41) is 8.05. The van der Waals surface area contributed by atoms with Crippen molar-refractivity contribution in [2.45, 2.75) is 6.42 Å². The van der Waals surface area contributed by atoms with E-state index in [9.17, 15) is 17.8 Å². The molecule has 0 aromatic carbocycles. The summed E-state index contributed by atoms with van der Waals surface area (Å²) < 4.78 is 32.8. The lowest BCUT2D eigenvalue weighted by molar-refractivity contribution is -0.136. The molecule has 0 fully saturated rings. The number of hydrogen-bond donors (Lipinski definition) is 1. The second kappa shape index (κ2) is 4.54. The molecule has 0 saturated heterocycles. The van der Waals surface area contributed by atoms with Crippen LogP contribution in [0.3, 0.4) is 0 Å². The molecule has 0 rings (SSSR count). The van der Waals surface area contributed by atoms with Crippen molar-refractivity contribution in [1.29, 1.82) is 0 Å². The monoisotopic (exact) mass is 201 g/mol. The maximum absolute atomic E-state index is 9.83. The van der Waals surface area contributed by atoms with Crippen LogP contribution in [-0.2, 0) is 18.8 Å². The molecule has 8 heteroatoms. The highest BCUT2D eigenvalue weighted by Crippen LogP contribution is 2.07. The highest BCUT2D eigenvalue weighted by molar-refractivity contribution is 8.02. The minimum Gasteiger partial charge on any atom is -0.725 e. The Morgan fingerprint density at radius 3 is 2.55 bits per heavy atom. The molecule has 0 aliphatic rings. The van der Waals surface area contributed by atoms with Crippen molar-refractivity contribution in [3.8, 4) is 0 Å². The Hall–Kier alpha value is -0.310. The molecule has 0 aromatic rings. The van der Waals surface area contributed by atoms with E-state index in [4.69, 9.17) is 5.11 Å². The fraction of sp³-hybridized carbons (Fsp3) is 0.667. The van der Waals surface area contributed by atoms with Gasteiger partial charge in [0.05, 0.1) is 6.42 Å². The van der Waals surface area contributed by atoms with Crippen molar-refractivity contribution in [1.82, 2.24) is 0 Å². The third-order valence-corrected chi connectivity index (χ3v) is 1.95. The molecule has 0 heterocycles. The zero-order valence-corrected chi connectivity index (χ0v) is 6.85. The van der Waals surface area contributed by atoms with E-state index in [2.05, 4.69) is 3.63 Å². The first-order valence-corrected chi connectivity index (χ1v) is 4.65. The first kappa shape index (κ1) is 10.7. The number of carbonyl (C=O) groups is 1.